The van der Waals surface area contributed by atoms with E-state index in [-0.39, 0.29) is 12.4 Å². The molecule has 0 amide bonds. The summed E-state index contributed by atoms with van der Waals surface area (Å²) >= 11 is 0. The SMILES string of the molecule is COc1cc(CO)cc(-c2cc(/C=C3\Cc4cc(C)ccc4C3=O)[nH]n2)c1. The molecule has 136 valence electrons. The van der Waals surface area contributed by atoms with Gasteiger partial charge in [-0.3, -0.25) is 9.89 Å². The number of aliphatic hydroxyl groups is 1. The average Bonchev–Trinajstić information content (AvgIpc) is 3.26. The smallest absolute Gasteiger partial charge is 0.189 e. The van der Waals surface area contributed by atoms with Crippen molar-refractivity contribution in [3.05, 3.63) is 76.0 Å². The number of carbonyl (C=O) groups is 1. The molecular weight excluding hydrogens is 340 g/mol. The third kappa shape index (κ3) is 3.29. The molecule has 5 nitrogen and oxygen atoms in total. The highest BCUT2D eigenvalue weighted by Crippen LogP contribution is 2.30. The number of hydrogen-bond donors (Lipinski definition) is 2. The van der Waals surface area contributed by atoms with Gasteiger partial charge in [-0.2, -0.15) is 5.10 Å². The average molecular weight is 360 g/mol. The minimum Gasteiger partial charge on any atom is -0.497 e. The molecule has 0 bridgehead atoms. The van der Waals surface area contributed by atoms with Crippen LogP contribution in [0.25, 0.3) is 17.3 Å². The molecule has 0 atom stereocenters. The zero-order valence-electron chi connectivity index (χ0n) is 15.2. The number of aryl methyl sites for hydroxylation is 1. The lowest BCUT2D eigenvalue weighted by Gasteiger charge is -2.05. The van der Waals surface area contributed by atoms with Gasteiger partial charge < -0.3 is 9.84 Å². The lowest BCUT2D eigenvalue weighted by molar-refractivity contribution is 0.104. The number of H-pyrrole nitrogens is 1. The number of ketones is 1. The normalized spacial score (nSPS) is 14.6. The number of nitrogens with one attached hydrogen (secondary N) is 1. The molecule has 0 saturated carbocycles. The van der Waals surface area contributed by atoms with Gasteiger partial charge in [0, 0.05) is 23.1 Å². The summed E-state index contributed by atoms with van der Waals surface area (Å²) in [7, 11) is 1.59. The van der Waals surface area contributed by atoms with Gasteiger partial charge in [0.25, 0.3) is 0 Å². The van der Waals surface area contributed by atoms with E-state index in [0.717, 1.165) is 44.8 Å². The molecule has 1 heterocycles. The zero-order valence-corrected chi connectivity index (χ0v) is 15.2. The number of carbonyl (C=O) groups excluding carboxylic acids is 1. The first-order valence-electron chi connectivity index (χ1n) is 8.77. The lowest BCUT2D eigenvalue weighted by Crippen LogP contribution is -1.95. The van der Waals surface area contributed by atoms with E-state index >= 15 is 0 Å². The summed E-state index contributed by atoms with van der Waals surface area (Å²) in [6.45, 7) is 1.96. The second-order valence-electron chi connectivity index (χ2n) is 6.77. The summed E-state index contributed by atoms with van der Waals surface area (Å²) in [6.07, 6.45) is 2.50. The molecule has 0 aliphatic heterocycles. The van der Waals surface area contributed by atoms with Crippen molar-refractivity contribution in [2.24, 2.45) is 0 Å². The van der Waals surface area contributed by atoms with Crippen LogP contribution in [0.3, 0.4) is 0 Å². The Balaban J connectivity index is 1.64. The van der Waals surface area contributed by atoms with Crippen LogP contribution in [0.1, 0.15) is 32.7 Å². The van der Waals surface area contributed by atoms with Gasteiger partial charge >= 0.3 is 0 Å². The minimum absolute atomic E-state index is 0.0717. The molecule has 0 radical (unpaired) electrons. The van der Waals surface area contributed by atoms with Crippen molar-refractivity contribution in [2.75, 3.05) is 7.11 Å². The topological polar surface area (TPSA) is 75.2 Å². The van der Waals surface area contributed by atoms with E-state index in [4.69, 9.17) is 4.74 Å². The first-order valence-corrected chi connectivity index (χ1v) is 8.77. The Morgan fingerprint density at radius 1 is 1.22 bits per heavy atom. The van der Waals surface area contributed by atoms with Crippen molar-refractivity contribution in [1.29, 1.82) is 0 Å². The van der Waals surface area contributed by atoms with Gasteiger partial charge in [-0.25, -0.2) is 0 Å². The molecule has 2 aromatic carbocycles. The Bertz CT molecular complexity index is 1040. The maximum absolute atomic E-state index is 12.6. The van der Waals surface area contributed by atoms with Crippen LogP contribution in [-0.4, -0.2) is 28.2 Å². The van der Waals surface area contributed by atoms with Crippen LogP contribution in [-0.2, 0) is 13.0 Å². The van der Waals surface area contributed by atoms with Gasteiger partial charge in [0.2, 0.25) is 0 Å². The van der Waals surface area contributed by atoms with Crippen LogP contribution >= 0.6 is 0 Å². The first-order chi connectivity index (χ1) is 13.1. The van der Waals surface area contributed by atoms with Gasteiger partial charge in [0.1, 0.15) is 5.75 Å². The van der Waals surface area contributed by atoms with Crippen LogP contribution in [0, 0.1) is 6.92 Å². The van der Waals surface area contributed by atoms with Gasteiger partial charge in [-0.1, -0.05) is 23.8 Å². The van der Waals surface area contributed by atoms with E-state index in [1.54, 1.807) is 13.2 Å². The highest BCUT2D eigenvalue weighted by molar-refractivity contribution is 6.15. The molecule has 4 rings (SSSR count). The van der Waals surface area contributed by atoms with E-state index in [1.165, 1.54) is 0 Å². The standard InChI is InChI=1S/C22H20N2O3/c1-13-3-4-20-15(5-13)8-17(22(20)26)9-18-11-21(24-23-18)16-6-14(12-25)7-19(10-16)27-2/h3-7,9-11,25H,8,12H2,1-2H3,(H,23,24)/b17-9+. The Morgan fingerprint density at radius 3 is 2.85 bits per heavy atom. The number of benzene rings is 2. The molecule has 0 unspecified atom stereocenters. The van der Waals surface area contributed by atoms with Crippen LogP contribution in [0.2, 0.25) is 0 Å². The molecule has 1 aliphatic carbocycles. The molecule has 0 fully saturated rings. The molecular formula is C22H20N2O3. The Hall–Kier alpha value is -3.18. The largest absolute Gasteiger partial charge is 0.497 e. The molecule has 3 aromatic rings. The van der Waals surface area contributed by atoms with Crippen LogP contribution < -0.4 is 4.74 Å². The lowest BCUT2D eigenvalue weighted by atomic mass is 10.1. The summed E-state index contributed by atoms with van der Waals surface area (Å²) in [5.41, 5.74) is 6.87. The van der Waals surface area contributed by atoms with Crippen LogP contribution in [0.4, 0.5) is 0 Å². The Kier molecular flexibility index (Phi) is 4.38. The van der Waals surface area contributed by atoms with E-state index in [1.807, 2.05) is 43.3 Å². The third-order valence-electron chi connectivity index (χ3n) is 4.79. The van der Waals surface area contributed by atoms with Crippen molar-refractivity contribution in [2.45, 2.75) is 20.0 Å². The van der Waals surface area contributed by atoms with E-state index < -0.39 is 0 Å². The highest BCUT2D eigenvalue weighted by atomic mass is 16.5. The summed E-state index contributed by atoms with van der Waals surface area (Å²) in [4.78, 5) is 12.6. The van der Waals surface area contributed by atoms with Crippen molar-refractivity contribution in [3.8, 4) is 17.0 Å². The summed E-state index contributed by atoms with van der Waals surface area (Å²) in [5, 5.41) is 16.8. The van der Waals surface area contributed by atoms with Crippen molar-refractivity contribution < 1.29 is 14.6 Å². The monoisotopic (exact) mass is 360 g/mol. The molecule has 1 aromatic heterocycles. The van der Waals surface area contributed by atoms with Gasteiger partial charge in [-0.15, -0.1) is 0 Å². The van der Waals surface area contributed by atoms with Crippen LogP contribution in [0.15, 0.2) is 48.0 Å². The van der Waals surface area contributed by atoms with E-state index in [0.29, 0.717) is 12.2 Å². The molecule has 0 saturated heterocycles. The number of ether oxygens (including phenoxy) is 1. The molecule has 0 spiro atoms. The number of Topliss-reactive ketones (excluding diaryl/α,β-unsaturated/α-hetero) is 1. The predicted octanol–water partition coefficient (Wildman–Crippen LogP) is 3.71. The second kappa shape index (κ2) is 6.85. The predicted molar refractivity (Wildman–Crippen MR) is 104 cm³/mol. The molecule has 27 heavy (non-hydrogen) atoms. The Morgan fingerprint density at radius 2 is 2.07 bits per heavy atom. The fourth-order valence-corrected chi connectivity index (χ4v) is 3.43. The van der Waals surface area contributed by atoms with E-state index in [2.05, 4.69) is 16.3 Å². The molecule has 1 aliphatic rings. The van der Waals surface area contributed by atoms with Gasteiger partial charge in [0.15, 0.2) is 5.78 Å². The van der Waals surface area contributed by atoms with Crippen molar-refractivity contribution in [1.82, 2.24) is 10.2 Å². The highest BCUT2D eigenvalue weighted by Gasteiger charge is 2.24. The summed E-state index contributed by atoms with van der Waals surface area (Å²) < 4.78 is 5.29. The second-order valence-corrected chi connectivity index (χ2v) is 6.77. The number of aromatic nitrogens is 2. The number of aliphatic hydroxyl groups excluding tert-OH is 1. The van der Waals surface area contributed by atoms with Gasteiger partial charge in [0.05, 0.1) is 25.1 Å². The number of allylic oxidation sites excluding steroid dienone is 1. The Labute approximate surface area is 157 Å². The maximum Gasteiger partial charge on any atom is 0.189 e. The number of nitrogens with zero attached hydrogens (tertiary/aromatic N) is 1. The fraction of sp³-hybridized carbons (Fsp3) is 0.182. The quantitative estimate of drug-likeness (QED) is 0.696. The number of hydrogen-bond acceptors (Lipinski definition) is 4. The van der Waals surface area contributed by atoms with Gasteiger partial charge in [-0.05, 0) is 48.4 Å². The van der Waals surface area contributed by atoms with Crippen molar-refractivity contribution >= 4 is 11.9 Å². The van der Waals surface area contributed by atoms with Crippen molar-refractivity contribution in [3.63, 3.8) is 0 Å². The first kappa shape index (κ1) is 17.2. The fourth-order valence-electron chi connectivity index (χ4n) is 3.43. The number of fused-ring (bicyclic) bond motifs is 1. The summed E-state index contributed by atoms with van der Waals surface area (Å²) in [6, 6.07) is 13.4. The van der Waals surface area contributed by atoms with E-state index in [9.17, 15) is 9.90 Å². The maximum atomic E-state index is 12.6. The summed E-state index contributed by atoms with van der Waals surface area (Å²) in [5.74, 6) is 0.737. The zero-order chi connectivity index (χ0) is 19.0. The number of methoxy groups -OCH3 is 1. The third-order valence-corrected chi connectivity index (χ3v) is 4.79. The molecule has 5 heteroatoms. The number of aromatic amines is 1. The van der Waals surface area contributed by atoms with Crippen LogP contribution in [0.5, 0.6) is 5.75 Å². The number of rotatable bonds is 4. The minimum atomic E-state index is -0.0717. The molecule has 2 N–H and O–H groups in total.